The molecule has 0 radical (unpaired) electrons. The maximum atomic E-state index is 4.33. The average Bonchev–Trinajstić information content (AvgIpc) is 2.94. The number of allylic oxidation sites excluding steroid dienone is 1. The van der Waals surface area contributed by atoms with E-state index in [-0.39, 0.29) is 5.41 Å². The molecule has 0 saturated carbocycles. The Morgan fingerprint density at radius 3 is 2.57 bits per heavy atom. The van der Waals surface area contributed by atoms with Crippen molar-refractivity contribution in [1.29, 1.82) is 0 Å². The number of hydrogen-bond donors (Lipinski definition) is 0. The van der Waals surface area contributed by atoms with Crippen molar-refractivity contribution in [2.45, 2.75) is 25.7 Å². The molecule has 4 aromatic rings. The Balaban J connectivity index is 1.70. The van der Waals surface area contributed by atoms with E-state index in [1.54, 1.807) is 0 Å². The summed E-state index contributed by atoms with van der Waals surface area (Å²) in [5.74, 6) is 0. The summed E-state index contributed by atoms with van der Waals surface area (Å²) in [5, 5.41) is 2.69. The first-order valence-corrected chi connectivity index (χ1v) is 9.95. The molecule has 1 aromatic heterocycles. The van der Waals surface area contributed by atoms with Crippen molar-refractivity contribution in [3.8, 4) is 22.4 Å². The molecule has 0 amide bonds. The molecule has 3 aromatic carbocycles. The number of benzene rings is 3. The molecule has 0 spiro atoms. The van der Waals surface area contributed by atoms with Crippen molar-refractivity contribution in [3.63, 3.8) is 0 Å². The normalized spacial score (nSPS) is 15.7. The molecule has 134 valence electrons. The molecule has 1 aliphatic carbocycles. The molecule has 0 N–H and O–H groups in total. The first-order valence-electron chi connectivity index (χ1n) is 9.95. The van der Waals surface area contributed by atoms with Gasteiger partial charge in [-0.25, -0.2) is 0 Å². The Bertz CT molecular complexity index is 1320. The molecular weight excluding hydrogens is 338 g/mol. The van der Waals surface area contributed by atoms with Crippen molar-refractivity contribution in [1.82, 2.24) is 0 Å². The van der Waals surface area contributed by atoms with Gasteiger partial charge in [-0.3, -0.25) is 0 Å². The molecular formula is C27H22N+. The van der Waals surface area contributed by atoms with Crippen molar-refractivity contribution < 1.29 is 4.57 Å². The van der Waals surface area contributed by atoms with Gasteiger partial charge in [-0.1, -0.05) is 56.3 Å². The Labute approximate surface area is 165 Å². The van der Waals surface area contributed by atoms with E-state index in [9.17, 15) is 0 Å². The Hall–Kier alpha value is -3.19. The highest BCUT2D eigenvalue weighted by Gasteiger charge is 2.39. The molecule has 28 heavy (non-hydrogen) atoms. The van der Waals surface area contributed by atoms with Crippen LogP contribution in [0.25, 0.3) is 38.9 Å². The number of pyridine rings is 1. The van der Waals surface area contributed by atoms with Crippen LogP contribution in [-0.4, -0.2) is 0 Å². The van der Waals surface area contributed by atoms with Gasteiger partial charge in [-0.15, -0.1) is 0 Å². The fraction of sp³-hybridized carbons (Fsp3) is 0.148. The Morgan fingerprint density at radius 2 is 1.68 bits per heavy atom. The summed E-state index contributed by atoms with van der Waals surface area (Å²) >= 11 is 0. The summed E-state index contributed by atoms with van der Waals surface area (Å²) in [5.41, 5.74) is 10.8. The third kappa shape index (κ3) is 1.89. The molecule has 0 saturated heterocycles. The molecule has 0 bridgehead atoms. The molecule has 6 rings (SSSR count). The highest BCUT2D eigenvalue weighted by atomic mass is 15.0. The minimum atomic E-state index is -0.00794. The van der Waals surface area contributed by atoms with E-state index in [0.717, 1.165) is 12.1 Å². The van der Waals surface area contributed by atoms with E-state index in [1.165, 1.54) is 49.8 Å². The number of aromatic nitrogens is 1. The van der Waals surface area contributed by atoms with Crippen LogP contribution in [0, 0.1) is 0 Å². The lowest BCUT2D eigenvalue weighted by Crippen LogP contribution is -2.38. The number of fused-ring (bicyclic) bond motifs is 8. The van der Waals surface area contributed by atoms with Gasteiger partial charge in [0.05, 0.1) is 12.0 Å². The largest absolute Gasteiger partial charge is 0.218 e. The van der Waals surface area contributed by atoms with Gasteiger partial charge in [0, 0.05) is 17.5 Å². The van der Waals surface area contributed by atoms with Gasteiger partial charge in [-0.2, -0.15) is 4.57 Å². The van der Waals surface area contributed by atoms with Gasteiger partial charge in [-0.05, 0) is 57.3 Å². The molecule has 1 aliphatic heterocycles. The molecule has 1 nitrogen and oxygen atoms in total. The lowest BCUT2D eigenvalue weighted by molar-refractivity contribution is -0.572. The molecule has 2 aliphatic rings. The topological polar surface area (TPSA) is 3.88 Å². The maximum Gasteiger partial charge on any atom is 0.218 e. The second-order valence-electron chi connectivity index (χ2n) is 8.59. The van der Waals surface area contributed by atoms with Gasteiger partial charge in [0.25, 0.3) is 0 Å². The van der Waals surface area contributed by atoms with Crippen LogP contribution in [-0.2, 0) is 11.8 Å². The van der Waals surface area contributed by atoms with Gasteiger partial charge in [0.1, 0.15) is 0 Å². The van der Waals surface area contributed by atoms with Crippen molar-refractivity contribution in [2.75, 3.05) is 0 Å². The minimum Gasteiger partial charge on any atom is -0.164 e. The first kappa shape index (κ1) is 15.8. The number of nitrogens with zero attached hydrogens (tertiary/aromatic N) is 1. The predicted octanol–water partition coefficient (Wildman–Crippen LogP) is 6.13. The van der Waals surface area contributed by atoms with E-state index in [4.69, 9.17) is 0 Å². The van der Waals surface area contributed by atoms with Gasteiger partial charge < -0.3 is 0 Å². The van der Waals surface area contributed by atoms with Gasteiger partial charge in [0.2, 0.25) is 5.69 Å². The standard InChI is InChI=1S/C27H22N/c1-17-14-19-15-24-23(16-22(19)25-10-6-7-13-28(17)25)21-12-11-18-8-4-5-9-20(18)26(21)27(24,2)3/h4-13,15-16H,1,14H2,2-3H3/q+1. The zero-order valence-corrected chi connectivity index (χ0v) is 16.3. The van der Waals surface area contributed by atoms with Crippen LogP contribution in [0.3, 0.4) is 0 Å². The zero-order valence-electron chi connectivity index (χ0n) is 16.3. The monoisotopic (exact) mass is 360 g/mol. The van der Waals surface area contributed by atoms with Crippen LogP contribution >= 0.6 is 0 Å². The summed E-state index contributed by atoms with van der Waals surface area (Å²) in [6, 6.07) is 24.6. The van der Waals surface area contributed by atoms with Crippen LogP contribution in [0.1, 0.15) is 30.5 Å². The second-order valence-corrected chi connectivity index (χ2v) is 8.59. The van der Waals surface area contributed by atoms with Crippen LogP contribution in [0.2, 0.25) is 0 Å². The number of hydrogen-bond acceptors (Lipinski definition) is 0. The van der Waals surface area contributed by atoms with Gasteiger partial charge >= 0.3 is 0 Å². The van der Waals surface area contributed by atoms with Crippen molar-refractivity contribution >= 4 is 16.5 Å². The van der Waals surface area contributed by atoms with Crippen molar-refractivity contribution in [3.05, 3.63) is 96.2 Å². The SMILES string of the molecule is C=C1Cc2cc3c(cc2-c2cccc[n+]21)-c1ccc2ccccc2c1C3(C)C. The fourth-order valence-corrected chi connectivity index (χ4v) is 5.32. The first-order chi connectivity index (χ1) is 13.6. The molecule has 2 heterocycles. The number of rotatable bonds is 0. The molecule has 0 atom stereocenters. The van der Waals surface area contributed by atoms with E-state index in [0.29, 0.717) is 0 Å². The smallest absolute Gasteiger partial charge is 0.164 e. The third-order valence-electron chi connectivity index (χ3n) is 6.63. The Morgan fingerprint density at radius 1 is 0.857 bits per heavy atom. The minimum absolute atomic E-state index is 0.00794. The van der Waals surface area contributed by atoms with Crippen LogP contribution in [0.5, 0.6) is 0 Å². The van der Waals surface area contributed by atoms with E-state index >= 15 is 0 Å². The van der Waals surface area contributed by atoms with E-state index in [1.807, 2.05) is 0 Å². The predicted molar refractivity (Wildman–Crippen MR) is 116 cm³/mol. The van der Waals surface area contributed by atoms with E-state index in [2.05, 4.69) is 97.9 Å². The molecule has 0 fully saturated rings. The van der Waals surface area contributed by atoms with Crippen molar-refractivity contribution in [2.24, 2.45) is 0 Å². The maximum absolute atomic E-state index is 4.33. The highest BCUT2D eigenvalue weighted by molar-refractivity contribution is 5.98. The highest BCUT2D eigenvalue weighted by Crippen LogP contribution is 2.53. The second kappa shape index (κ2) is 5.20. The quantitative estimate of drug-likeness (QED) is 0.332. The fourth-order valence-electron chi connectivity index (χ4n) is 5.32. The summed E-state index contributed by atoms with van der Waals surface area (Å²) < 4.78 is 2.23. The third-order valence-corrected chi connectivity index (χ3v) is 6.63. The van der Waals surface area contributed by atoms with Crippen LogP contribution in [0.15, 0.2) is 79.5 Å². The zero-order chi connectivity index (χ0) is 19.0. The summed E-state index contributed by atoms with van der Waals surface area (Å²) in [6.45, 7) is 9.07. The molecule has 1 heteroatoms. The molecule has 0 unspecified atom stereocenters. The summed E-state index contributed by atoms with van der Waals surface area (Å²) in [7, 11) is 0. The van der Waals surface area contributed by atoms with Gasteiger partial charge in [0.15, 0.2) is 11.9 Å². The summed E-state index contributed by atoms with van der Waals surface area (Å²) in [4.78, 5) is 0. The van der Waals surface area contributed by atoms with Crippen LogP contribution < -0.4 is 4.57 Å². The average molecular weight is 360 g/mol. The lowest BCUT2D eigenvalue weighted by Gasteiger charge is -2.24. The van der Waals surface area contributed by atoms with Crippen LogP contribution in [0.4, 0.5) is 0 Å². The summed E-state index contributed by atoms with van der Waals surface area (Å²) in [6.07, 6.45) is 3.02. The Kier molecular flexibility index (Phi) is 2.94. The lowest BCUT2D eigenvalue weighted by atomic mass is 9.79. The van der Waals surface area contributed by atoms with E-state index < -0.39 is 0 Å².